The lowest BCUT2D eigenvalue weighted by Crippen LogP contribution is -2.30. The van der Waals surface area contributed by atoms with Crippen molar-refractivity contribution in [3.05, 3.63) is 41.5 Å². The number of benzene rings is 1. The number of carbonyl (C=O) groups excluding carboxylic acids is 2. The molecule has 27 heavy (non-hydrogen) atoms. The lowest BCUT2D eigenvalue weighted by molar-refractivity contribution is 0.0937. The van der Waals surface area contributed by atoms with E-state index in [1.165, 1.54) is 0 Å². The lowest BCUT2D eigenvalue weighted by atomic mass is 10.1. The monoisotopic (exact) mass is 372 g/mol. The third-order valence-corrected chi connectivity index (χ3v) is 4.54. The fourth-order valence-corrected chi connectivity index (χ4v) is 3.05. The zero-order valence-corrected chi connectivity index (χ0v) is 15.7. The average molecular weight is 372 g/mol. The molecular weight excluding hydrogens is 348 g/mol. The highest BCUT2D eigenvalue weighted by molar-refractivity contribution is 5.99. The van der Waals surface area contributed by atoms with Crippen molar-refractivity contribution in [3.8, 4) is 0 Å². The van der Waals surface area contributed by atoms with Crippen molar-refractivity contribution in [2.45, 2.75) is 26.4 Å². The second kappa shape index (κ2) is 8.17. The number of nitrogens with zero attached hydrogens (tertiary/aromatic N) is 4. The van der Waals surface area contributed by atoms with Gasteiger partial charge >= 0.3 is 6.03 Å². The van der Waals surface area contributed by atoms with Crippen molar-refractivity contribution in [2.24, 2.45) is 0 Å². The molecule has 0 radical (unpaired) electrons. The molecule has 1 aliphatic heterocycles. The number of anilines is 1. The van der Waals surface area contributed by atoms with E-state index >= 15 is 0 Å². The molecule has 1 saturated heterocycles. The SMILES string of the molecule is COCCn1cnnc1C(C)NC(=O)c1ccc(C)c(N2CCNC2=O)c1. The lowest BCUT2D eigenvalue weighted by Gasteiger charge is -2.19. The minimum Gasteiger partial charge on any atom is -0.383 e. The molecule has 9 nitrogen and oxygen atoms in total. The van der Waals surface area contributed by atoms with E-state index in [0.29, 0.717) is 37.6 Å². The molecule has 1 aromatic carbocycles. The standard InChI is InChI=1S/C18H24N6O3/c1-12-4-5-14(10-15(12)24-7-6-19-18(24)26)17(25)21-13(2)16-22-20-11-23(16)8-9-27-3/h4-5,10-11,13H,6-9H2,1-3H3,(H,19,26)(H,21,25). The zero-order chi connectivity index (χ0) is 19.4. The van der Waals surface area contributed by atoms with Crippen LogP contribution in [0, 0.1) is 6.92 Å². The molecule has 0 bridgehead atoms. The molecule has 2 N–H and O–H groups in total. The van der Waals surface area contributed by atoms with E-state index in [1.807, 2.05) is 24.5 Å². The first-order valence-electron chi connectivity index (χ1n) is 8.84. The number of rotatable bonds is 7. The van der Waals surface area contributed by atoms with Gasteiger partial charge in [0.05, 0.1) is 12.6 Å². The second-order valence-corrected chi connectivity index (χ2v) is 6.46. The Morgan fingerprint density at radius 1 is 1.44 bits per heavy atom. The van der Waals surface area contributed by atoms with Crippen LogP contribution in [0.3, 0.4) is 0 Å². The highest BCUT2D eigenvalue weighted by atomic mass is 16.5. The summed E-state index contributed by atoms with van der Waals surface area (Å²) in [6.45, 7) is 6.10. The van der Waals surface area contributed by atoms with Gasteiger partial charge in [-0.1, -0.05) is 6.07 Å². The number of nitrogens with one attached hydrogen (secondary N) is 2. The Bertz CT molecular complexity index is 834. The summed E-state index contributed by atoms with van der Waals surface area (Å²) in [7, 11) is 1.63. The van der Waals surface area contributed by atoms with Gasteiger partial charge in [-0.15, -0.1) is 10.2 Å². The highest BCUT2D eigenvalue weighted by Crippen LogP contribution is 2.23. The summed E-state index contributed by atoms with van der Waals surface area (Å²) in [6, 6.07) is 4.89. The summed E-state index contributed by atoms with van der Waals surface area (Å²) in [4.78, 5) is 26.3. The van der Waals surface area contributed by atoms with Gasteiger partial charge in [0.15, 0.2) is 5.82 Å². The summed E-state index contributed by atoms with van der Waals surface area (Å²) < 4.78 is 6.93. The van der Waals surface area contributed by atoms with Crippen LogP contribution in [-0.4, -0.2) is 53.5 Å². The Labute approximate surface area is 157 Å². The number of ether oxygens (including phenoxy) is 1. The van der Waals surface area contributed by atoms with E-state index in [-0.39, 0.29) is 18.0 Å². The van der Waals surface area contributed by atoms with Gasteiger partial charge in [0.25, 0.3) is 5.91 Å². The van der Waals surface area contributed by atoms with Gasteiger partial charge < -0.3 is 19.9 Å². The number of hydrogen-bond acceptors (Lipinski definition) is 5. The predicted molar refractivity (Wildman–Crippen MR) is 99.7 cm³/mol. The molecule has 3 amide bonds. The van der Waals surface area contributed by atoms with Crippen LogP contribution in [0.25, 0.3) is 0 Å². The Kier molecular flexibility index (Phi) is 5.70. The molecule has 1 atom stereocenters. The Morgan fingerprint density at radius 2 is 2.26 bits per heavy atom. The highest BCUT2D eigenvalue weighted by Gasteiger charge is 2.24. The first-order valence-corrected chi connectivity index (χ1v) is 8.84. The van der Waals surface area contributed by atoms with Gasteiger partial charge in [0.2, 0.25) is 0 Å². The Hall–Kier alpha value is -2.94. The first-order chi connectivity index (χ1) is 13.0. The van der Waals surface area contributed by atoms with Crippen LogP contribution in [0.1, 0.15) is 34.7 Å². The summed E-state index contributed by atoms with van der Waals surface area (Å²) in [6.07, 6.45) is 1.62. The summed E-state index contributed by atoms with van der Waals surface area (Å²) in [5.74, 6) is 0.427. The van der Waals surface area contributed by atoms with Crippen LogP contribution in [0.5, 0.6) is 0 Å². The largest absolute Gasteiger partial charge is 0.383 e. The van der Waals surface area contributed by atoms with Gasteiger partial charge in [-0.2, -0.15) is 0 Å². The van der Waals surface area contributed by atoms with Gasteiger partial charge in [0.1, 0.15) is 6.33 Å². The topological polar surface area (TPSA) is 101 Å². The van der Waals surface area contributed by atoms with Crippen LogP contribution in [0.2, 0.25) is 0 Å². The summed E-state index contributed by atoms with van der Waals surface area (Å²) >= 11 is 0. The van der Waals surface area contributed by atoms with Gasteiger partial charge in [-0.05, 0) is 31.5 Å². The third-order valence-electron chi connectivity index (χ3n) is 4.54. The Morgan fingerprint density at radius 3 is 2.96 bits per heavy atom. The number of methoxy groups -OCH3 is 1. The number of aryl methyl sites for hydroxylation is 1. The van der Waals surface area contributed by atoms with Crippen molar-refractivity contribution < 1.29 is 14.3 Å². The van der Waals surface area contributed by atoms with E-state index in [2.05, 4.69) is 20.8 Å². The molecule has 0 spiro atoms. The molecule has 1 unspecified atom stereocenters. The molecule has 144 valence electrons. The molecule has 9 heteroatoms. The number of amides is 3. The van der Waals surface area contributed by atoms with E-state index < -0.39 is 0 Å². The van der Waals surface area contributed by atoms with Crippen LogP contribution in [-0.2, 0) is 11.3 Å². The van der Waals surface area contributed by atoms with Crippen molar-refractivity contribution in [1.82, 2.24) is 25.4 Å². The normalized spacial score (nSPS) is 14.9. The molecule has 2 aromatic rings. The van der Waals surface area contributed by atoms with Crippen LogP contribution < -0.4 is 15.5 Å². The summed E-state index contributed by atoms with van der Waals surface area (Å²) in [5, 5.41) is 13.7. The maximum Gasteiger partial charge on any atom is 0.322 e. The number of carbonyl (C=O) groups is 2. The molecule has 1 aliphatic rings. The number of hydrogen-bond donors (Lipinski definition) is 2. The molecular formula is C18H24N6O3. The zero-order valence-electron chi connectivity index (χ0n) is 15.7. The van der Waals surface area contributed by atoms with E-state index in [1.54, 1.807) is 30.5 Å². The van der Waals surface area contributed by atoms with Crippen LogP contribution in [0.15, 0.2) is 24.5 Å². The molecule has 1 aromatic heterocycles. The second-order valence-electron chi connectivity index (χ2n) is 6.46. The van der Waals surface area contributed by atoms with E-state index in [9.17, 15) is 9.59 Å². The van der Waals surface area contributed by atoms with Gasteiger partial charge in [-0.3, -0.25) is 9.69 Å². The quantitative estimate of drug-likeness (QED) is 0.762. The predicted octanol–water partition coefficient (Wildman–Crippen LogP) is 1.25. The average Bonchev–Trinajstić information content (AvgIpc) is 3.29. The van der Waals surface area contributed by atoms with Crippen molar-refractivity contribution in [2.75, 3.05) is 31.7 Å². The number of urea groups is 1. The number of aromatic nitrogens is 3. The molecule has 0 aliphatic carbocycles. The van der Waals surface area contributed by atoms with E-state index in [0.717, 1.165) is 11.3 Å². The van der Waals surface area contributed by atoms with Crippen LogP contribution >= 0.6 is 0 Å². The van der Waals surface area contributed by atoms with Crippen LogP contribution in [0.4, 0.5) is 10.5 Å². The molecule has 0 saturated carbocycles. The fourth-order valence-electron chi connectivity index (χ4n) is 3.05. The van der Waals surface area contributed by atoms with Crippen molar-refractivity contribution in [3.63, 3.8) is 0 Å². The summed E-state index contributed by atoms with van der Waals surface area (Å²) in [5.41, 5.74) is 2.18. The first kappa shape index (κ1) is 18.8. The van der Waals surface area contributed by atoms with Crippen molar-refractivity contribution in [1.29, 1.82) is 0 Å². The molecule has 1 fully saturated rings. The molecule has 3 rings (SSSR count). The smallest absolute Gasteiger partial charge is 0.322 e. The van der Waals surface area contributed by atoms with Gasteiger partial charge in [-0.25, -0.2) is 4.79 Å². The minimum absolute atomic E-state index is 0.143. The maximum atomic E-state index is 12.7. The minimum atomic E-state index is -0.323. The van der Waals surface area contributed by atoms with Gasteiger partial charge in [0, 0.05) is 38.0 Å². The third kappa shape index (κ3) is 4.08. The van der Waals surface area contributed by atoms with E-state index in [4.69, 9.17) is 4.74 Å². The fraction of sp³-hybridized carbons (Fsp3) is 0.444. The molecule has 2 heterocycles. The maximum absolute atomic E-state index is 12.7. The Balaban J connectivity index is 1.74. The van der Waals surface area contributed by atoms with Crippen molar-refractivity contribution >= 4 is 17.6 Å².